The Kier molecular flexibility index (Phi) is 4.90. The molecular formula is C13H21N3O2S. The largest absolute Gasteiger partial charge is 0.317 e. The van der Waals surface area contributed by atoms with E-state index in [1.54, 1.807) is 31.3 Å². The second-order valence-corrected chi connectivity index (χ2v) is 7.07. The molecule has 1 atom stereocenters. The number of rotatable bonds is 5. The predicted molar refractivity (Wildman–Crippen MR) is 75.2 cm³/mol. The summed E-state index contributed by atoms with van der Waals surface area (Å²) in [4.78, 5) is 4.11. The maximum atomic E-state index is 12.2. The highest BCUT2D eigenvalue weighted by atomic mass is 32.2. The molecule has 0 spiro atoms. The minimum Gasteiger partial charge on any atom is -0.317 e. The Labute approximate surface area is 114 Å². The smallest absolute Gasteiger partial charge is 0.219 e. The monoisotopic (exact) mass is 283 g/mol. The van der Waals surface area contributed by atoms with Crippen molar-refractivity contribution >= 4 is 10.0 Å². The van der Waals surface area contributed by atoms with E-state index in [0.717, 1.165) is 25.9 Å². The van der Waals surface area contributed by atoms with Crippen molar-refractivity contribution in [3.63, 3.8) is 0 Å². The van der Waals surface area contributed by atoms with Crippen LogP contribution < -0.4 is 10.0 Å². The Morgan fingerprint density at radius 3 is 2.79 bits per heavy atom. The topological polar surface area (TPSA) is 71.1 Å². The first kappa shape index (κ1) is 14.4. The molecule has 0 radical (unpaired) electrons. The maximum Gasteiger partial charge on any atom is 0.219 e. The van der Waals surface area contributed by atoms with E-state index in [2.05, 4.69) is 15.0 Å². The first-order valence-electron chi connectivity index (χ1n) is 6.70. The Hall–Kier alpha value is -0.980. The van der Waals surface area contributed by atoms with Crippen molar-refractivity contribution in [1.29, 1.82) is 0 Å². The number of nitrogens with zero attached hydrogens (tertiary/aromatic N) is 1. The van der Waals surface area contributed by atoms with E-state index in [1.807, 2.05) is 0 Å². The van der Waals surface area contributed by atoms with Gasteiger partial charge in [0.15, 0.2) is 0 Å². The van der Waals surface area contributed by atoms with Crippen molar-refractivity contribution in [2.24, 2.45) is 5.92 Å². The molecule has 0 saturated carbocycles. The fourth-order valence-corrected chi connectivity index (χ4v) is 3.40. The molecule has 2 heterocycles. The van der Waals surface area contributed by atoms with Crippen molar-refractivity contribution in [2.75, 3.05) is 19.6 Å². The maximum absolute atomic E-state index is 12.2. The number of hydrogen-bond donors (Lipinski definition) is 2. The van der Waals surface area contributed by atoms with Gasteiger partial charge >= 0.3 is 0 Å². The van der Waals surface area contributed by atoms with Crippen LogP contribution in [0.3, 0.4) is 0 Å². The molecule has 5 nitrogen and oxygen atoms in total. The molecule has 1 aromatic heterocycles. The number of sulfonamides is 1. The normalized spacial score (nSPS) is 19.2. The molecule has 0 aromatic carbocycles. The summed E-state index contributed by atoms with van der Waals surface area (Å²) in [5.74, 6) is 0.437. The van der Waals surface area contributed by atoms with Crippen LogP contribution in [0.25, 0.3) is 0 Å². The van der Waals surface area contributed by atoms with Gasteiger partial charge in [-0.1, -0.05) is 6.07 Å². The van der Waals surface area contributed by atoms with Crippen LogP contribution in [-0.2, 0) is 10.0 Å². The van der Waals surface area contributed by atoms with Gasteiger partial charge in [-0.3, -0.25) is 4.98 Å². The highest BCUT2D eigenvalue weighted by Gasteiger charge is 2.24. The van der Waals surface area contributed by atoms with Crippen molar-refractivity contribution in [3.05, 3.63) is 30.1 Å². The fraction of sp³-hybridized carbons (Fsp3) is 0.615. The molecule has 1 fully saturated rings. The van der Waals surface area contributed by atoms with Crippen LogP contribution in [0, 0.1) is 5.92 Å². The van der Waals surface area contributed by atoms with E-state index in [4.69, 9.17) is 0 Å². The van der Waals surface area contributed by atoms with E-state index in [9.17, 15) is 8.42 Å². The molecule has 0 bridgehead atoms. The number of aromatic nitrogens is 1. The summed E-state index contributed by atoms with van der Waals surface area (Å²) in [7, 11) is -3.35. The van der Waals surface area contributed by atoms with E-state index in [0.29, 0.717) is 18.2 Å². The molecule has 1 aromatic rings. The zero-order valence-electron chi connectivity index (χ0n) is 11.2. The molecule has 1 aliphatic heterocycles. The van der Waals surface area contributed by atoms with Crippen LogP contribution in [0.5, 0.6) is 0 Å². The number of nitrogens with one attached hydrogen (secondary N) is 2. The van der Waals surface area contributed by atoms with Crippen molar-refractivity contribution in [3.8, 4) is 0 Å². The summed E-state index contributed by atoms with van der Waals surface area (Å²) in [5, 5.41) is 2.66. The van der Waals surface area contributed by atoms with Crippen LogP contribution >= 0.6 is 0 Å². The van der Waals surface area contributed by atoms with Crippen molar-refractivity contribution in [1.82, 2.24) is 15.0 Å². The van der Waals surface area contributed by atoms with Crippen molar-refractivity contribution < 1.29 is 8.42 Å². The van der Waals surface area contributed by atoms with E-state index < -0.39 is 15.3 Å². The van der Waals surface area contributed by atoms with Crippen LogP contribution in [0.1, 0.15) is 30.7 Å². The Balaban J connectivity index is 1.94. The van der Waals surface area contributed by atoms with Crippen LogP contribution in [0.4, 0.5) is 0 Å². The van der Waals surface area contributed by atoms with Crippen LogP contribution in [0.15, 0.2) is 24.4 Å². The zero-order chi connectivity index (χ0) is 13.7. The highest BCUT2D eigenvalue weighted by Crippen LogP contribution is 2.19. The lowest BCUT2D eigenvalue weighted by Crippen LogP contribution is -2.37. The Morgan fingerprint density at radius 1 is 1.42 bits per heavy atom. The third-order valence-electron chi connectivity index (χ3n) is 3.60. The zero-order valence-corrected chi connectivity index (χ0v) is 12.0. The summed E-state index contributed by atoms with van der Waals surface area (Å²) < 4.78 is 27.1. The predicted octanol–water partition coefficient (Wildman–Crippen LogP) is 1.06. The summed E-state index contributed by atoms with van der Waals surface area (Å²) in [6, 6.07) is 5.33. The number of piperidine rings is 1. The third kappa shape index (κ3) is 3.99. The van der Waals surface area contributed by atoms with Gasteiger partial charge in [-0.2, -0.15) is 0 Å². The summed E-state index contributed by atoms with van der Waals surface area (Å²) in [6.45, 7) is 4.15. The number of hydrogen-bond acceptors (Lipinski definition) is 4. The quantitative estimate of drug-likeness (QED) is 0.848. The minimum absolute atomic E-state index is 0.437. The molecule has 106 valence electrons. The minimum atomic E-state index is -3.35. The average Bonchev–Trinajstić information content (AvgIpc) is 2.46. The SMILES string of the molecule is C[C@H](c1ccccn1)S(=O)(=O)NCC1CCNCC1. The third-order valence-corrected chi connectivity index (χ3v) is 5.34. The van der Waals surface area contributed by atoms with Gasteiger partial charge in [-0.05, 0) is 50.9 Å². The lowest BCUT2D eigenvalue weighted by atomic mass is 9.99. The lowest BCUT2D eigenvalue weighted by molar-refractivity contribution is 0.372. The van der Waals surface area contributed by atoms with E-state index >= 15 is 0 Å². The van der Waals surface area contributed by atoms with Gasteiger partial charge in [-0.25, -0.2) is 13.1 Å². The molecule has 2 N–H and O–H groups in total. The van der Waals surface area contributed by atoms with Gasteiger partial charge in [0.05, 0.1) is 5.69 Å². The summed E-state index contributed by atoms with van der Waals surface area (Å²) >= 11 is 0. The lowest BCUT2D eigenvalue weighted by Gasteiger charge is -2.23. The van der Waals surface area contributed by atoms with Gasteiger partial charge in [0, 0.05) is 12.7 Å². The van der Waals surface area contributed by atoms with E-state index in [-0.39, 0.29) is 0 Å². The van der Waals surface area contributed by atoms with Crippen molar-refractivity contribution in [2.45, 2.75) is 25.0 Å². The van der Waals surface area contributed by atoms with Gasteiger partial charge in [0.1, 0.15) is 5.25 Å². The first-order valence-corrected chi connectivity index (χ1v) is 8.24. The molecule has 1 saturated heterocycles. The van der Waals surface area contributed by atoms with Gasteiger partial charge in [0.25, 0.3) is 0 Å². The molecular weight excluding hydrogens is 262 g/mol. The molecule has 0 amide bonds. The highest BCUT2D eigenvalue weighted by molar-refractivity contribution is 7.89. The molecule has 2 rings (SSSR count). The second-order valence-electron chi connectivity index (χ2n) is 4.98. The average molecular weight is 283 g/mol. The summed E-state index contributed by atoms with van der Waals surface area (Å²) in [5.41, 5.74) is 0.584. The second kappa shape index (κ2) is 6.45. The van der Waals surface area contributed by atoms with Crippen LogP contribution in [-0.4, -0.2) is 33.0 Å². The van der Waals surface area contributed by atoms with Crippen LogP contribution in [0.2, 0.25) is 0 Å². The molecule has 6 heteroatoms. The van der Waals surface area contributed by atoms with Gasteiger partial charge in [0.2, 0.25) is 10.0 Å². The van der Waals surface area contributed by atoms with E-state index in [1.165, 1.54) is 0 Å². The standard InChI is InChI=1S/C13H21N3O2S/c1-11(13-4-2-3-7-15-13)19(17,18)16-10-12-5-8-14-9-6-12/h2-4,7,11-12,14,16H,5-6,8-10H2,1H3/t11-/m1/s1. The van der Waals surface area contributed by atoms with Gasteiger partial charge in [-0.15, -0.1) is 0 Å². The number of pyridine rings is 1. The molecule has 0 unspecified atom stereocenters. The van der Waals surface area contributed by atoms with Gasteiger partial charge < -0.3 is 5.32 Å². The summed E-state index contributed by atoms with van der Waals surface area (Å²) in [6.07, 6.45) is 3.68. The fourth-order valence-electron chi connectivity index (χ4n) is 2.22. The Morgan fingerprint density at radius 2 is 2.16 bits per heavy atom. The first-order chi connectivity index (χ1) is 9.09. The molecule has 0 aliphatic carbocycles. The Bertz CT molecular complexity index is 484. The molecule has 19 heavy (non-hydrogen) atoms. The molecule has 1 aliphatic rings.